The van der Waals surface area contributed by atoms with Gasteiger partial charge < -0.3 is 19.3 Å². The summed E-state index contributed by atoms with van der Waals surface area (Å²) in [6, 6.07) is 11.0. The third kappa shape index (κ3) is 4.76. The van der Waals surface area contributed by atoms with Crippen LogP contribution in [-0.4, -0.2) is 58.9 Å². The average molecular weight is 476 g/mol. The molecule has 0 atom stereocenters. The van der Waals surface area contributed by atoms with Gasteiger partial charge in [-0.3, -0.25) is 9.48 Å². The molecule has 1 saturated heterocycles. The quantitative estimate of drug-likeness (QED) is 0.535. The lowest BCUT2D eigenvalue weighted by Gasteiger charge is -2.36. The fourth-order valence-corrected chi connectivity index (χ4v) is 3.88. The van der Waals surface area contributed by atoms with Crippen molar-refractivity contribution in [3.05, 3.63) is 58.3 Å². The lowest BCUT2D eigenvalue weighted by atomic mass is 10.2. The first-order chi connectivity index (χ1) is 15.5. The molecule has 0 unspecified atom stereocenters. The van der Waals surface area contributed by atoms with Gasteiger partial charge in [0.1, 0.15) is 17.3 Å². The van der Waals surface area contributed by atoms with Crippen molar-refractivity contribution in [2.45, 2.75) is 13.5 Å². The lowest BCUT2D eigenvalue weighted by Crippen LogP contribution is -2.49. The third-order valence-electron chi connectivity index (χ3n) is 5.36. The molecule has 0 saturated carbocycles. The molecule has 10 heteroatoms. The van der Waals surface area contributed by atoms with Crippen LogP contribution in [-0.2, 0) is 11.3 Å². The molecule has 0 bridgehead atoms. The maximum Gasteiger partial charge on any atom is 0.259 e. The minimum atomic E-state index is -0.0232. The third-order valence-corrected chi connectivity index (χ3v) is 6.11. The molecule has 3 aromatic rings. The molecule has 0 radical (unpaired) electrons. The van der Waals surface area contributed by atoms with Gasteiger partial charge in [0, 0.05) is 50.2 Å². The van der Waals surface area contributed by atoms with Gasteiger partial charge in [0.25, 0.3) is 5.88 Å². The van der Waals surface area contributed by atoms with Crippen molar-refractivity contribution in [1.29, 1.82) is 0 Å². The first-order valence-corrected chi connectivity index (χ1v) is 10.9. The lowest BCUT2D eigenvalue weighted by molar-refractivity contribution is -0.132. The van der Waals surface area contributed by atoms with Crippen LogP contribution in [0.3, 0.4) is 0 Å². The highest BCUT2D eigenvalue weighted by Gasteiger charge is 2.24. The fourth-order valence-electron chi connectivity index (χ4n) is 3.51. The van der Waals surface area contributed by atoms with Gasteiger partial charge in [-0.1, -0.05) is 29.3 Å². The number of hydrogen-bond donors (Lipinski definition) is 0. The molecule has 168 valence electrons. The number of pyridine rings is 1. The zero-order valence-corrected chi connectivity index (χ0v) is 19.3. The number of aromatic nitrogens is 3. The van der Waals surface area contributed by atoms with E-state index in [0.29, 0.717) is 53.5 Å². The van der Waals surface area contributed by atoms with Crippen molar-refractivity contribution >= 4 is 34.8 Å². The monoisotopic (exact) mass is 475 g/mol. The van der Waals surface area contributed by atoms with E-state index in [-0.39, 0.29) is 18.3 Å². The molecule has 3 heterocycles. The number of hydrogen-bond acceptors (Lipinski definition) is 6. The highest BCUT2D eigenvalue weighted by Crippen LogP contribution is 2.31. The maximum absolute atomic E-state index is 12.9. The zero-order valence-electron chi connectivity index (χ0n) is 17.8. The van der Waals surface area contributed by atoms with Crippen LogP contribution in [0, 0.1) is 6.92 Å². The number of benzene rings is 1. The van der Waals surface area contributed by atoms with Gasteiger partial charge in [-0.15, -0.1) is 5.10 Å². The Labute approximate surface area is 196 Å². The molecule has 1 aliphatic rings. The Morgan fingerprint density at radius 3 is 2.59 bits per heavy atom. The van der Waals surface area contributed by atoms with E-state index < -0.39 is 0 Å². The highest BCUT2D eigenvalue weighted by molar-refractivity contribution is 6.32. The van der Waals surface area contributed by atoms with Crippen molar-refractivity contribution in [1.82, 2.24) is 19.7 Å². The van der Waals surface area contributed by atoms with E-state index in [2.05, 4.69) is 15.0 Å². The summed E-state index contributed by atoms with van der Waals surface area (Å²) in [6.45, 7) is 4.53. The van der Waals surface area contributed by atoms with E-state index in [4.69, 9.17) is 32.7 Å². The summed E-state index contributed by atoms with van der Waals surface area (Å²) in [7, 11) is 1.60. The number of carbonyl (C=O) groups excluding carboxylic acids is 1. The van der Waals surface area contributed by atoms with Crippen molar-refractivity contribution < 1.29 is 14.3 Å². The summed E-state index contributed by atoms with van der Waals surface area (Å²) < 4.78 is 12.5. The number of anilines is 1. The number of methoxy groups -OCH3 is 1. The highest BCUT2D eigenvalue weighted by atomic mass is 35.5. The number of nitrogens with zero attached hydrogens (tertiary/aromatic N) is 5. The van der Waals surface area contributed by atoms with E-state index in [9.17, 15) is 4.79 Å². The molecule has 32 heavy (non-hydrogen) atoms. The standard InChI is InChI=1S/C22H23Cl2N5O3/c1-15-21(24)22(32-19-5-3-4-8-25-19)26-29(15)14-20(30)28-11-9-27(10-12-28)16-6-7-17(23)18(13-16)31-2/h3-8,13H,9-12,14H2,1-2H3. The first-order valence-electron chi connectivity index (χ1n) is 10.1. The van der Waals surface area contributed by atoms with Gasteiger partial charge in [0.15, 0.2) is 0 Å². The van der Waals surface area contributed by atoms with Crippen LogP contribution in [0.2, 0.25) is 10.0 Å². The summed E-state index contributed by atoms with van der Waals surface area (Å²) in [5, 5.41) is 5.31. The predicted molar refractivity (Wildman–Crippen MR) is 123 cm³/mol. The van der Waals surface area contributed by atoms with E-state index >= 15 is 0 Å². The number of amides is 1. The largest absolute Gasteiger partial charge is 0.495 e. The minimum absolute atomic E-state index is 0.0232. The Morgan fingerprint density at radius 1 is 1.12 bits per heavy atom. The minimum Gasteiger partial charge on any atom is -0.495 e. The number of ether oxygens (including phenoxy) is 2. The van der Waals surface area contributed by atoms with E-state index in [1.165, 1.54) is 0 Å². The van der Waals surface area contributed by atoms with Gasteiger partial charge >= 0.3 is 0 Å². The number of rotatable bonds is 6. The Balaban J connectivity index is 1.37. The maximum atomic E-state index is 12.9. The molecular formula is C22H23Cl2N5O3. The van der Waals surface area contributed by atoms with Crippen molar-refractivity contribution in [3.63, 3.8) is 0 Å². The van der Waals surface area contributed by atoms with E-state index in [1.54, 1.807) is 37.0 Å². The van der Waals surface area contributed by atoms with Crippen LogP contribution in [0.25, 0.3) is 0 Å². The van der Waals surface area contributed by atoms with Gasteiger partial charge in [0.2, 0.25) is 11.8 Å². The Morgan fingerprint density at radius 2 is 1.91 bits per heavy atom. The van der Waals surface area contributed by atoms with Gasteiger partial charge in [0.05, 0.1) is 17.8 Å². The summed E-state index contributed by atoms with van der Waals surface area (Å²) >= 11 is 12.5. The molecule has 1 fully saturated rings. The molecule has 1 aromatic carbocycles. The number of halogens is 2. The van der Waals surface area contributed by atoms with Gasteiger partial charge in [-0.05, 0) is 25.1 Å². The molecule has 0 aliphatic carbocycles. The van der Waals surface area contributed by atoms with Crippen LogP contribution in [0.5, 0.6) is 17.5 Å². The summed E-state index contributed by atoms with van der Waals surface area (Å²) in [5.74, 6) is 1.24. The van der Waals surface area contributed by atoms with E-state index in [0.717, 1.165) is 5.69 Å². The zero-order chi connectivity index (χ0) is 22.7. The van der Waals surface area contributed by atoms with Gasteiger partial charge in [-0.2, -0.15) is 0 Å². The van der Waals surface area contributed by atoms with E-state index in [1.807, 2.05) is 29.2 Å². The Hall–Kier alpha value is -2.97. The molecule has 8 nitrogen and oxygen atoms in total. The molecule has 4 rings (SSSR count). The Kier molecular flexibility index (Phi) is 6.72. The van der Waals surface area contributed by atoms with Crippen molar-refractivity contribution in [2.75, 3.05) is 38.2 Å². The van der Waals surface area contributed by atoms with Crippen LogP contribution < -0.4 is 14.4 Å². The molecule has 2 aromatic heterocycles. The van der Waals surface area contributed by atoms with Gasteiger partial charge in [-0.25, -0.2) is 4.98 Å². The first kappa shape index (κ1) is 22.2. The second kappa shape index (κ2) is 9.67. The average Bonchev–Trinajstić information content (AvgIpc) is 3.07. The number of carbonyl (C=O) groups is 1. The van der Waals surface area contributed by atoms with Crippen LogP contribution in [0.1, 0.15) is 5.69 Å². The second-order valence-corrected chi connectivity index (χ2v) is 8.10. The molecule has 1 aliphatic heterocycles. The van der Waals surface area contributed by atoms with Crippen LogP contribution >= 0.6 is 23.2 Å². The molecule has 0 N–H and O–H groups in total. The summed E-state index contributed by atoms with van der Waals surface area (Å²) in [4.78, 5) is 21.0. The molecule has 1 amide bonds. The SMILES string of the molecule is COc1cc(N2CCN(C(=O)Cn3nc(Oc4ccccn4)c(Cl)c3C)CC2)ccc1Cl. The smallest absolute Gasteiger partial charge is 0.259 e. The van der Waals surface area contributed by atoms with Crippen molar-refractivity contribution in [2.24, 2.45) is 0 Å². The van der Waals surface area contributed by atoms with Crippen LogP contribution in [0.15, 0.2) is 42.6 Å². The second-order valence-electron chi connectivity index (χ2n) is 7.32. The molecular weight excluding hydrogens is 453 g/mol. The topological polar surface area (TPSA) is 72.7 Å². The summed E-state index contributed by atoms with van der Waals surface area (Å²) in [5.41, 5.74) is 1.68. The van der Waals surface area contributed by atoms with Crippen molar-refractivity contribution in [3.8, 4) is 17.5 Å². The number of piperazine rings is 1. The Bertz CT molecular complexity index is 1100. The van der Waals surface area contributed by atoms with Crippen LogP contribution in [0.4, 0.5) is 5.69 Å². The fraction of sp³-hybridized carbons (Fsp3) is 0.318. The molecule has 0 spiro atoms. The summed E-state index contributed by atoms with van der Waals surface area (Å²) in [6.07, 6.45) is 1.62. The predicted octanol–water partition coefficient (Wildman–Crippen LogP) is 4.04. The normalized spacial score (nSPS) is 13.9.